The molecule has 0 bridgehead atoms. The SMILES string of the molecule is CCCC(NC(=O)C(C)N(C)C(=O)[C@H](CCCCNC)NC(=O)[C@H](CC(C)C)N(C)C(=O)C1CCCN1C(=O)CO)C(=O)N(C)C(CC(C)C)C(=O)N(C)C(CC(C)C)C(=O)N[C@@H](CC(=O)N(C)[C@@H](CC(C)C)C(=O)N(C)C(Cc1cccc(Cl)c1)C(=O)N[C@H](C(C)=O)[C@@H](C)CC)C(=O)N1CCCCC1. The molecule has 3 rings (SSSR count). The van der Waals surface area contributed by atoms with Gasteiger partial charge in [0.1, 0.15) is 67.0 Å². The van der Waals surface area contributed by atoms with Crippen molar-refractivity contribution in [3.05, 3.63) is 34.9 Å². The molecule has 27 nitrogen and oxygen atoms in total. The summed E-state index contributed by atoms with van der Waals surface area (Å²) in [7, 11) is 10.5. The molecule has 2 heterocycles. The Bertz CT molecular complexity index is 3070. The second-order valence-corrected chi connectivity index (χ2v) is 31.3. The summed E-state index contributed by atoms with van der Waals surface area (Å²) in [6.45, 7) is 24.4. The predicted molar refractivity (Wildman–Crippen MR) is 405 cm³/mol. The molecule has 0 aliphatic carbocycles. The second-order valence-electron chi connectivity index (χ2n) is 30.9. The molecule has 594 valence electrons. The molecule has 6 unspecified atom stereocenters. The number of nitrogens with zero attached hydrogens (tertiary/aromatic N) is 8. The molecule has 0 radical (unpaired) electrons. The molecule has 105 heavy (non-hydrogen) atoms. The number of halogens is 1. The largest absolute Gasteiger partial charge is 0.387 e. The molecule has 6 N–H and O–H groups in total. The van der Waals surface area contributed by atoms with Gasteiger partial charge in [-0.15, -0.1) is 0 Å². The minimum absolute atomic E-state index is 0.0157. The van der Waals surface area contributed by atoms with Crippen molar-refractivity contribution < 1.29 is 67.4 Å². The number of aliphatic hydroxyl groups is 1. The third-order valence-corrected chi connectivity index (χ3v) is 20.8. The lowest BCUT2D eigenvalue weighted by Crippen LogP contribution is -2.61. The molecule has 0 spiro atoms. The van der Waals surface area contributed by atoms with E-state index in [0.717, 1.165) is 6.42 Å². The first-order chi connectivity index (χ1) is 49.3. The van der Waals surface area contributed by atoms with Crippen molar-refractivity contribution in [2.24, 2.45) is 29.6 Å². The first kappa shape index (κ1) is 91.9. The number of unbranched alkanes of at least 4 members (excludes halogenated alkanes) is 1. The van der Waals surface area contributed by atoms with Crippen LogP contribution in [0.2, 0.25) is 5.02 Å². The van der Waals surface area contributed by atoms with E-state index in [1.165, 1.54) is 90.4 Å². The Balaban J connectivity index is 2.00. The number of nitrogens with one attached hydrogen (secondary N) is 5. The number of ketones is 1. The molecule has 12 amide bonds. The summed E-state index contributed by atoms with van der Waals surface area (Å²) in [5, 5.41) is 24.7. The molecule has 0 aromatic heterocycles. The maximum absolute atomic E-state index is 15.3. The Morgan fingerprint density at radius 1 is 0.552 bits per heavy atom. The van der Waals surface area contributed by atoms with Crippen LogP contribution in [-0.4, -0.2) is 270 Å². The van der Waals surface area contributed by atoms with E-state index in [0.29, 0.717) is 81.6 Å². The number of likely N-dealkylation sites (N-methyl/N-ethyl adjacent to an activating group) is 6. The number of likely N-dealkylation sites (tertiary alicyclic amines) is 2. The fraction of sp³-hybridized carbons (Fsp3) is 0.753. The van der Waals surface area contributed by atoms with Gasteiger partial charge in [0.05, 0.1) is 12.5 Å². The highest BCUT2D eigenvalue weighted by Gasteiger charge is 2.44. The van der Waals surface area contributed by atoms with Gasteiger partial charge in [0.25, 0.3) is 0 Å². The standard InChI is InChI=1S/C77H130ClN13O14/c1-21-30-56(80-68(96)52(12)84(15)72(100)57(33-24-25-35-79-14)81-69(97)60(39-47(3)4)86(17)75(103)59-34-29-38-91(59)66(95)46-92)73(101)89(20)64(42-50(9)10)77(105)87(18)61(40-48(5)6)70(98)82-58(74(102)90-36-26-23-27-37-90)45-65(94)85(16)63(41-49(7)8)76(104)88(19)62(44-54-31-28-32-55(78)43-54)71(99)83-67(53(13)93)51(11)22-2/h28,31-32,43,47-52,56-64,67,79,92H,21-27,29-30,33-42,44-46H2,1-20H3,(H,80,96)(H,81,97)(H,82,98)(H,83,99)/t51-,52?,56?,57-,58-,59?,60-,61?,62?,63-,64?,67-/m0/s1. The molecule has 2 fully saturated rings. The molecule has 1 aromatic carbocycles. The maximum atomic E-state index is 15.3. The van der Waals surface area contributed by atoms with Crippen LogP contribution >= 0.6 is 11.6 Å². The number of Topliss-reactive ketones (excluding diaryl/α,β-unsaturated/α-hetero) is 1. The van der Waals surface area contributed by atoms with Crippen molar-refractivity contribution in [2.75, 3.05) is 82.1 Å². The van der Waals surface area contributed by atoms with E-state index in [-0.39, 0.29) is 86.9 Å². The molecule has 28 heteroatoms. The van der Waals surface area contributed by atoms with Crippen molar-refractivity contribution in [2.45, 2.75) is 266 Å². The Labute approximate surface area is 630 Å². The summed E-state index contributed by atoms with van der Waals surface area (Å²) < 4.78 is 0. The van der Waals surface area contributed by atoms with Crippen molar-refractivity contribution in [3.8, 4) is 0 Å². The number of amides is 12. The van der Waals surface area contributed by atoms with Gasteiger partial charge >= 0.3 is 0 Å². The number of aliphatic hydroxyl groups excluding tert-OH is 1. The molecular formula is C77H130ClN13O14. The van der Waals surface area contributed by atoms with E-state index in [2.05, 4.69) is 26.6 Å². The number of benzene rings is 1. The molecule has 2 aliphatic heterocycles. The van der Waals surface area contributed by atoms with E-state index < -0.39 is 150 Å². The maximum Gasteiger partial charge on any atom is 0.248 e. The number of hydrogen-bond acceptors (Lipinski definition) is 15. The quantitative estimate of drug-likeness (QED) is 0.0458. The lowest BCUT2D eigenvalue weighted by atomic mass is 9.94. The first-order valence-corrected chi connectivity index (χ1v) is 38.6. The van der Waals surface area contributed by atoms with Crippen molar-refractivity contribution in [1.29, 1.82) is 0 Å². The Kier molecular flexibility index (Phi) is 39.2. The lowest BCUT2D eigenvalue weighted by molar-refractivity contribution is -0.151. The topological polar surface area (TPSA) is 328 Å². The van der Waals surface area contributed by atoms with Crippen LogP contribution in [0.15, 0.2) is 24.3 Å². The third-order valence-electron chi connectivity index (χ3n) is 20.6. The Morgan fingerprint density at radius 2 is 1.04 bits per heavy atom. The molecule has 2 aliphatic rings. The highest BCUT2D eigenvalue weighted by atomic mass is 35.5. The summed E-state index contributed by atoms with van der Waals surface area (Å²) in [6.07, 6.45) is 5.60. The fourth-order valence-corrected chi connectivity index (χ4v) is 14.1. The van der Waals surface area contributed by atoms with Crippen molar-refractivity contribution >= 4 is 88.3 Å². The summed E-state index contributed by atoms with van der Waals surface area (Å²) in [5.74, 6) is -8.37. The highest BCUT2D eigenvalue weighted by Crippen LogP contribution is 2.26. The van der Waals surface area contributed by atoms with Crippen LogP contribution in [0.3, 0.4) is 0 Å². The number of carbonyl (C=O) groups is 13. The molecular weight excluding hydrogens is 1370 g/mol. The zero-order chi connectivity index (χ0) is 79.4. The van der Waals surface area contributed by atoms with E-state index in [4.69, 9.17) is 11.6 Å². The van der Waals surface area contributed by atoms with Gasteiger partial charge in [0.2, 0.25) is 70.9 Å². The average Bonchev–Trinajstić information content (AvgIpc) is 1.77. The van der Waals surface area contributed by atoms with Crippen LogP contribution in [0, 0.1) is 29.6 Å². The van der Waals surface area contributed by atoms with Crippen LogP contribution in [0.5, 0.6) is 0 Å². The highest BCUT2D eigenvalue weighted by molar-refractivity contribution is 6.30. The second kappa shape index (κ2) is 44.8. The number of piperidine rings is 1. The summed E-state index contributed by atoms with van der Waals surface area (Å²) in [4.78, 5) is 199. The van der Waals surface area contributed by atoms with E-state index in [1.54, 1.807) is 36.2 Å². The van der Waals surface area contributed by atoms with Gasteiger partial charge in [0.15, 0.2) is 5.78 Å². The van der Waals surface area contributed by atoms with Crippen molar-refractivity contribution in [3.63, 3.8) is 0 Å². The molecule has 1 aromatic rings. The van der Waals surface area contributed by atoms with Crippen LogP contribution in [0.4, 0.5) is 0 Å². The lowest BCUT2D eigenvalue weighted by Gasteiger charge is -2.38. The van der Waals surface area contributed by atoms with Crippen molar-refractivity contribution in [1.82, 2.24) is 65.8 Å². The van der Waals surface area contributed by atoms with Crippen LogP contribution < -0.4 is 26.6 Å². The summed E-state index contributed by atoms with van der Waals surface area (Å²) >= 11 is 6.41. The van der Waals surface area contributed by atoms with Gasteiger partial charge in [-0.2, -0.15) is 0 Å². The normalized spacial score (nSPS) is 17.0. The third kappa shape index (κ3) is 27.5. The van der Waals surface area contributed by atoms with Gasteiger partial charge < -0.3 is 70.9 Å². The first-order valence-electron chi connectivity index (χ1n) is 38.2. The molecule has 0 saturated carbocycles. The number of carbonyl (C=O) groups excluding carboxylic acids is 13. The zero-order valence-electron chi connectivity index (χ0n) is 66.8. The molecule has 12 atom stereocenters. The van der Waals surface area contributed by atoms with Gasteiger partial charge in [-0.3, -0.25) is 62.3 Å². The summed E-state index contributed by atoms with van der Waals surface area (Å²) in [6, 6.07) is -5.65. The summed E-state index contributed by atoms with van der Waals surface area (Å²) in [5.41, 5.74) is 0.642. The monoisotopic (exact) mass is 1500 g/mol. The van der Waals surface area contributed by atoms with Gasteiger partial charge in [-0.25, -0.2) is 0 Å². The van der Waals surface area contributed by atoms with Crippen LogP contribution in [-0.2, 0) is 68.7 Å². The van der Waals surface area contributed by atoms with Gasteiger partial charge in [-0.1, -0.05) is 113 Å². The fourth-order valence-electron chi connectivity index (χ4n) is 13.8. The number of hydrogen-bond donors (Lipinski definition) is 6. The Hall–Kier alpha value is -7.26. The Morgan fingerprint density at radius 3 is 1.55 bits per heavy atom. The number of rotatable bonds is 43. The van der Waals surface area contributed by atoms with Crippen LogP contribution in [0.25, 0.3) is 0 Å². The van der Waals surface area contributed by atoms with Gasteiger partial charge in [-0.05, 0) is 158 Å². The van der Waals surface area contributed by atoms with E-state index >= 15 is 19.2 Å². The van der Waals surface area contributed by atoms with Crippen LogP contribution in [0.1, 0.15) is 198 Å². The van der Waals surface area contributed by atoms with E-state index in [1.807, 2.05) is 76.2 Å². The van der Waals surface area contributed by atoms with Gasteiger partial charge in [0, 0.05) is 73.4 Å². The smallest absolute Gasteiger partial charge is 0.248 e. The average molecular weight is 1500 g/mol. The molecule has 2 saturated heterocycles. The predicted octanol–water partition coefficient (Wildman–Crippen LogP) is 5.20. The zero-order valence-corrected chi connectivity index (χ0v) is 67.6. The minimum Gasteiger partial charge on any atom is -0.387 e. The van der Waals surface area contributed by atoms with E-state index in [9.17, 15) is 48.3 Å². The minimum atomic E-state index is -1.46.